The molecule has 1 N–H and O–H groups in total. The molecule has 0 radical (unpaired) electrons. The van der Waals surface area contributed by atoms with Crippen LogP contribution >= 0.6 is 0 Å². The van der Waals surface area contributed by atoms with Crippen molar-refractivity contribution in [3.63, 3.8) is 0 Å². The van der Waals surface area contributed by atoms with Crippen molar-refractivity contribution in [2.75, 3.05) is 39.2 Å². The topological polar surface area (TPSA) is 147 Å². The van der Waals surface area contributed by atoms with Crippen molar-refractivity contribution in [2.24, 2.45) is 0 Å². The van der Waals surface area contributed by atoms with Crippen LogP contribution in [-0.2, 0) is 25.8 Å². The fourth-order valence-electron chi connectivity index (χ4n) is 6.79. The quantitative estimate of drug-likeness (QED) is 0.141. The maximum absolute atomic E-state index is 13.5. The molecule has 1 aliphatic heterocycles. The number of anilines is 1. The van der Waals surface area contributed by atoms with Gasteiger partial charge in [0.2, 0.25) is 5.82 Å². The largest absolute Gasteiger partial charge is 0.493 e. The lowest BCUT2D eigenvalue weighted by molar-refractivity contribution is 0.0997. The lowest BCUT2D eigenvalue weighted by atomic mass is 9.98. The number of tetrazole rings is 1. The second kappa shape index (κ2) is 16.2. The number of fused-ring (bicyclic) bond motifs is 2. The third kappa shape index (κ3) is 7.98. The van der Waals surface area contributed by atoms with Gasteiger partial charge in [0.1, 0.15) is 11.3 Å². The van der Waals surface area contributed by atoms with Gasteiger partial charge in [-0.3, -0.25) is 19.5 Å². The number of benzene rings is 4. The molecule has 0 saturated carbocycles. The summed E-state index contributed by atoms with van der Waals surface area (Å²) in [6.45, 7) is 3.15. The Balaban J connectivity index is 0.983. The summed E-state index contributed by atoms with van der Waals surface area (Å²) >= 11 is 0. The molecule has 1 aliphatic rings. The number of amides is 1. The third-order valence-corrected chi connectivity index (χ3v) is 9.82. The van der Waals surface area contributed by atoms with Crippen LogP contribution in [0.1, 0.15) is 32.8 Å². The molecule has 0 atom stereocenters. The molecule has 0 saturated heterocycles. The minimum atomic E-state index is -0.601. The van der Waals surface area contributed by atoms with Gasteiger partial charge in [-0.25, -0.2) is 0 Å². The van der Waals surface area contributed by atoms with Crippen LogP contribution in [0.15, 0.2) is 119 Å². The van der Waals surface area contributed by atoms with Gasteiger partial charge in [0.25, 0.3) is 5.91 Å². The number of hydrogen-bond acceptors (Lipinski definition) is 11. The lowest BCUT2D eigenvalue weighted by Crippen LogP contribution is -2.32. The average molecular weight is 750 g/mol. The zero-order valence-electron chi connectivity index (χ0n) is 31.0. The summed E-state index contributed by atoms with van der Waals surface area (Å²) in [4.78, 5) is 34.3. The number of hydrogen-bond donors (Lipinski definition) is 1. The smallest absolute Gasteiger partial charge is 0.291 e. The van der Waals surface area contributed by atoms with Crippen molar-refractivity contribution in [3.8, 4) is 34.3 Å². The fraction of sp³-hybridized carbons (Fsp3) is 0.209. The summed E-state index contributed by atoms with van der Waals surface area (Å²) in [7, 11) is 3.33. The Kier molecular flexibility index (Phi) is 10.5. The van der Waals surface area contributed by atoms with Gasteiger partial charge in [-0.1, -0.05) is 30.3 Å². The fourth-order valence-corrected chi connectivity index (χ4v) is 6.79. The minimum absolute atomic E-state index is 0.126. The van der Waals surface area contributed by atoms with Crippen LogP contribution in [0.4, 0.5) is 5.69 Å². The number of carbonyl (C=O) groups is 1. The van der Waals surface area contributed by atoms with Gasteiger partial charge in [-0.05, 0) is 101 Å². The van der Waals surface area contributed by atoms with E-state index in [9.17, 15) is 9.59 Å². The van der Waals surface area contributed by atoms with Crippen molar-refractivity contribution in [3.05, 3.63) is 148 Å². The maximum Gasteiger partial charge on any atom is 0.291 e. The molecule has 0 bridgehead atoms. The lowest BCUT2D eigenvalue weighted by Gasteiger charge is -2.29. The molecule has 0 unspecified atom stereocenters. The Bertz CT molecular complexity index is 2550. The van der Waals surface area contributed by atoms with Crippen LogP contribution in [0.3, 0.4) is 0 Å². The molecule has 56 heavy (non-hydrogen) atoms. The normalized spacial score (nSPS) is 12.6. The summed E-state index contributed by atoms with van der Waals surface area (Å²) < 4.78 is 22.9. The molecule has 1 amide bonds. The summed E-state index contributed by atoms with van der Waals surface area (Å²) in [5.41, 5.74) is 6.40. The molecule has 282 valence electrons. The zero-order valence-corrected chi connectivity index (χ0v) is 31.0. The molecule has 4 aromatic carbocycles. The molecule has 0 spiro atoms. The number of nitrogens with zero attached hydrogens (tertiary/aromatic N) is 6. The molecule has 0 fully saturated rings. The molecule has 8 rings (SSSR count). The molecular formula is C43H39N7O6. The second-order valence-corrected chi connectivity index (χ2v) is 13.4. The predicted octanol–water partition coefficient (Wildman–Crippen LogP) is 6.32. The minimum Gasteiger partial charge on any atom is -0.493 e. The van der Waals surface area contributed by atoms with Crippen LogP contribution in [0, 0.1) is 0 Å². The van der Waals surface area contributed by atoms with E-state index in [0.717, 1.165) is 55.2 Å². The highest BCUT2D eigenvalue weighted by Crippen LogP contribution is 2.34. The first kappa shape index (κ1) is 36.1. The summed E-state index contributed by atoms with van der Waals surface area (Å²) in [6, 6.07) is 29.3. The van der Waals surface area contributed by atoms with E-state index in [2.05, 4.69) is 49.8 Å². The number of pyridine rings is 1. The monoisotopic (exact) mass is 749 g/mol. The van der Waals surface area contributed by atoms with E-state index in [1.165, 1.54) is 27.6 Å². The Hall–Kier alpha value is -6.86. The third-order valence-electron chi connectivity index (χ3n) is 9.82. The zero-order chi connectivity index (χ0) is 38.4. The van der Waals surface area contributed by atoms with E-state index in [4.69, 9.17) is 23.7 Å². The van der Waals surface area contributed by atoms with Gasteiger partial charge in [-0.15, -0.1) is 15.0 Å². The molecule has 13 nitrogen and oxygen atoms in total. The van der Waals surface area contributed by atoms with Gasteiger partial charge in [0, 0.05) is 44.5 Å². The first-order valence-corrected chi connectivity index (χ1v) is 18.3. The van der Waals surface area contributed by atoms with Crippen LogP contribution < -0.4 is 25.0 Å². The number of para-hydroxylation sites is 1. The van der Waals surface area contributed by atoms with Gasteiger partial charge >= 0.3 is 0 Å². The Morgan fingerprint density at radius 2 is 1.70 bits per heavy atom. The predicted molar refractivity (Wildman–Crippen MR) is 211 cm³/mol. The maximum atomic E-state index is 13.5. The summed E-state index contributed by atoms with van der Waals surface area (Å²) in [6.07, 6.45) is 6.03. The highest BCUT2D eigenvalue weighted by atomic mass is 16.5. The van der Waals surface area contributed by atoms with Gasteiger partial charge in [-0.2, -0.15) is 0 Å². The van der Waals surface area contributed by atoms with Gasteiger partial charge < -0.3 is 23.9 Å². The first-order chi connectivity index (χ1) is 27.4. The average Bonchev–Trinajstić information content (AvgIpc) is 3.73. The van der Waals surface area contributed by atoms with Crippen molar-refractivity contribution >= 4 is 22.6 Å². The number of aromatic nitrogens is 5. The number of rotatable bonds is 13. The van der Waals surface area contributed by atoms with Crippen LogP contribution in [0.2, 0.25) is 0 Å². The molecule has 7 aromatic rings. The van der Waals surface area contributed by atoms with E-state index >= 15 is 0 Å². The van der Waals surface area contributed by atoms with Crippen molar-refractivity contribution in [1.29, 1.82) is 0 Å². The Labute approximate surface area is 322 Å². The van der Waals surface area contributed by atoms with E-state index in [1.54, 1.807) is 69.1 Å². The van der Waals surface area contributed by atoms with Crippen molar-refractivity contribution < 1.29 is 23.4 Å². The van der Waals surface area contributed by atoms with E-state index in [1.807, 2.05) is 24.3 Å². The van der Waals surface area contributed by atoms with E-state index in [0.29, 0.717) is 41.0 Å². The van der Waals surface area contributed by atoms with Crippen LogP contribution in [0.5, 0.6) is 17.2 Å². The van der Waals surface area contributed by atoms with Crippen LogP contribution in [0.25, 0.3) is 28.0 Å². The number of carbonyl (C=O) groups excluding carboxylic acids is 1. The Morgan fingerprint density at radius 1 is 0.875 bits per heavy atom. The van der Waals surface area contributed by atoms with Crippen molar-refractivity contribution in [1.82, 2.24) is 30.1 Å². The molecular weight excluding hydrogens is 711 g/mol. The highest BCUT2D eigenvalue weighted by Gasteiger charge is 2.21. The number of ether oxygens (including phenoxy) is 3. The number of methoxy groups -OCH3 is 2. The summed E-state index contributed by atoms with van der Waals surface area (Å²) in [5.74, 6) is 1.61. The van der Waals surface area contributed by atoms with Gasteiger partial charge in [0.05, 0.1) is 43.2 Å². The standard InChI is InChI=1S/C43H39N7O6/c1-53-39-22-30-16-20-49(27-31(30)23-40(39)54-2)19-15-28-9-11-32(12-10-28)50-47-42(46-48-50)35-24-33(55-21-17-29-6-5-18-44-26-29)13-14-36(35)45-43(52)41-25-37(51)34-7-3-4-8-38(34)56-41/h3-14,18,22-26H,15-17,19-21,27H2,1-2H3,(H,45,52). The van der Waals surface area contributed by atoms with Crippen molar-refractivity contribution in [2.45, 2.75) is 25.8 Å². The van der Waals surface area contributed by atoms with E-state index in [-0.39, 0.29) is 17.0 Å². The Morgan fingerprint density at radius 3 is 2.50 bits per heavy atom. The SMILES string of the molecule is COc1cc2c(cc1OC)CN(CCc1ccc(-n3nnc(-c4cc(OCCc5cccnc5)ccc4NC(=O)c4cc(=O)c5ccccc5o4)n3)cc1)CC2. The molecule has 4 heterocycles. The molecule has 13 heteroatoms. The molecule has 0 aliphatic carbocycles. The van der Waals surface area contributed by atoms with Gasteiger partial charge in [0.15, 0.2) is 22.7 Å². The molecule has 3 aromatic heterocycles. The van der Waals surface area contributed by atoms with Crippen LogP contribution in [-0.4, -0.2) is 69.9 Å². The summed E-state index contributed by atoms with van der Waals surface area (Å²) in [5, 5.41) is 16.7. The highest BCUT2D eigenvalue weighted by molar-refractivity contribution is 6.05. The second-order valence-electron chi connectivity index (χ2n) is 13.4. The van der Waals surface area contributed by atoms with E-state index < -0.39 is 5.91 Å². The number of nitrogens with one attached hydrogen (secondary N) is 1. The first-order valence-electron chi connectivity index (χ1n) is 18.3.